The number of rotatable bonds is 4. The molecule has 1 unspecified atom stereocenters. The maximum Gasteiger partial charge on any atom is 0.0441 e. The Bertz CT molecular complexity index is 467. The summed E-state index contributed by atoms with van der Waals surface area (Å²) in [6.45, 7) is 3.06. The lowest BCUT2D eigenvalue weighted by atomic mass is 10.0. The van der Waals surface area contributed by atoms with Crippen LogP contribution in [0, 0.1) is 0 Å². The fraction of sp³-hybridized carbons (Fsp3) is 0.200. The first kappa shape index (κ1) is 12.0. The molecule has 1 nitrogen and oxygen atoms in total. The highest BCUT2D eigenvalue weighted by Gasteiger charge is 2.08. The third kappa shape index (κ3) is 3.24. The van der Waals surface area contributed by atoms with Crippen LogP contribution in [-0.4, -0.2) is 6.54 Å². The van der Waals surface area contributed by atoms with Gasteiger partial charge in [0.1, 0.15) is 0 Å². The molecule has 0 radical (unpaired) electrons. The number of hydrogen-bond donors (Lipinski definition) is 1. The quantitative estimate of drug-likeness (QED) is 0.833. The smallest absolute Gasteiger partial charge is 0.0441 e. The highest BCUT2D eigenvalue weighted by Crippen LogP contribution is 2.24. The Balaban J connectivity index is 1.99. The molecule has 2 rings (SSSR count). The van der Waals surface area contributed by atoms with Crippen LogP contribution in [0.2, 0.25) is 5.02 Å². The molecule has 0 saturated carbocycles. The van der Waals surface area contributed by atoms with Gasteiger partial charge >= 0.3 is 0 Å². The van der Waals surface area contributed by atoms with E-state index in [2.05, 4.69) is 30.4 Å². The van der Waals surface area contributed by atoms with Gasteiger partial charge in [0.2, 0.25) is 0 Å². The van der Waals surface area contributed by atoms with Crippen molar-refractivity contribution >= 4 is 17.3 Å². The van der Waals surface area contributed by atoms with Crippen molar-refractivity contribution in [2.75, 3.05) is 11.9 Å². The minimum absolute atomic E-state index is 0.393. The molecule has 2 heteroatoms. The predicted molar refractivity (Wildman–Crippen MR) is 74.8 cm³/mol. The molecule has 0 amide bonds. The van der Waals surface area contributed by atoms with Crippen molar-refractivity contribution in [2.45, 2.75) is 12.8 Å². The summed E-state index contributed by atoms with van der Waals surface area (Å²) in [5, 5.41) is 4.25. The van der Waals surface area contributed by atoms with Gasteiger partial charge in [-0.1, -0.05) is 54.9 Å². The summed E-state index contributed by atoms with van der Waals surface area (Å²) in [4.78, 5) is 0. The topological polar surface area (TPSA) is 12.0 Å². The van der Waals surface area contributed by atoms with Crippen LogP contribution >= 0.6 is 11.6 Å². The highest BCUT2D eigenvalue weighted by atomic mass is 35.5. The van der Waals surface area contributed by atoms with Crippen LogP contribution in [-0.2, 0) is 0 Å². The molecule has 88 valence electrons. The monoisotopic (exact) mass is 245 g/mol. The van der Waals surface area contributed by atoms with Crippen molar-refractivity contribution in [3.05, 3.63) is 65.2 Å². The average Bonchev–Trinajstić information content (AvgIpc) is 2.38. The molecule has 0 aliphatic heterocycles. The van der Waals surface area contributed by atoms with E-state index in [0.717, 1.165) is 17.3 Å². The lowest BCUT2D eigenvalue weighted by Crippen LogP contribution is -2.10. The molecule has 0 heterocycles. The van der Waals surface area contributed by atoms with Gasteiger partial charge in [0.05, 0.1) is 0 Å². The summed E-state index contributed by atoms with van der Waals surface area (Å²) >= 11 is 6.17. The van der Waals surface area contributed by atoms with Crippen LogP contribution in [0.5, 0.6) is 0 Å². The minimum atomic E-state index is 0.393. The van der Waals surface area contributed by atoms with Crippen LogP contribution in [0.4, 0.5) is 5.69 Å². The second-order valence-electron chi connectivity index (χ2n) is 4.17. The number of anilines is 1. The van der Waals surface area contributed by atoms with E-state index >= 15 is 0 Å². The standard InChI is InChI=1S/C15H16ClN/c1-12(14-9-5-6-10-15(14)16)11-17-13-7-3-2-4-8-13/h2-10,12,17H,11H2,1H3. The molecule has 0 aromatic heterocycles. The van der Waals surface area contributed by atoms with Gasteiger partial charge in [-0.25, -0.2) is 0 Å². The van der Waals surface area contributed by atoms with Crippen molar-refractivity contribution in [3.63, 3.8) is 0 Å². The van der Waals surface area contributed by atoms with Gasteiger partial charge < -0.3 is 5.32 Å². The van der Waals surface area contributed by atoms with Crippen LogP contribution in [0.25, 0.3) is 0 Å². The van der Waals surface area contributed by atoms with Crippen molar-refractivity contribution in [1.82, 2.24) is 0 Å². The average molecular weight is 246 g/mol. The molecule has 0 bridgehead atoms. The molecular formula is C15H16ClN. The third-order valence-electron chi connectivity index (χ3n) is 2.82. The zero-order valence-electron chi connectivity index (χ0n) is 9.86. The van der Waals surface area contributed by atoms with E-state index in [-0.39, 0.29) is 0 Å². The van der Waals surface area contributed by atoms with Crippen molar-refractivity contribution in [3.8, 4) is 0 Å². The first-order valence-electron chi connectivity index (χ1n) is 5.80. The summed E-state index contributed by atoms with van der Waals surface area (Å²) in [6.07, 6.45) is 0. The fourth-order valence-electron chi connectivity index (χ4n) is 1.81. The summed E-state index contributed by atoms with van der Waals surface area (Å²) in [6, 6.07) is 18.2. The zero-order chi connectivity index (χ0) is 12.1. The van der Waals surface area contributed by atoms with Gasteiger partial charge in [0.15, 0.2) is 0 Å². The molecule has 2 aromatic carbocycles. The van der Waals surface area contributed by atoms with E-state index in [4.69, 9.17) is 11.6 Å². The Kier molecular flexibility index (Phi) is 4.05. The van der Waals surface area contributed by atoms with E-state index in [0.29, 0.717) is 5.92 Å². The van der Waals surface area contributed by atoms with Gasteiger partial charge in [0.25, 0.3) is 0 Å². The molecule has 2 aromatic rings. The Morgan fingerprint density at radius 2 is 1.65 bits per heavy atom. The number of para-hydroxylation sites is 1. The zero-order valence-corrected chi connectivity index (χ0v) is 10.6. The van der Waals surface area contributed by atoms with Crippen LogP contribution in [0.15, 0.2) is 54.6 Å². The molecule has 1 N–H and O–H groups in total. The molecule has 0 aliphatic rings. The van der Waals surface area contributed by atoms with Crippen LogP contribution < -0.4 is 5.32 Å². The van der Waals surface area contributed by atoms with E-state index in [1.165, 1.54) is 5.56 Å². The van der Waals surface area contributed by atoms with Gasteiger partial charge in [-0.2, -0.15) is 0 Å². The van der Waals surface area contributed by atoms with Crippen LogP contribution in [0.3, 0.4) is 0 Å². The maximum absolute atomic E-state index is 6.17. The lowest BCUT2D eigenvalue weighted by Gasteiger charge is -2.15. The number of halogens is 1. The Morgan fingerprint density at radius 3 is 2.35 bits per heavy atom. The van der Waals surface area contributed by atoms with Crippen molar-refractivity contribution in [1.29, 1.82) is 0 Å². The lowest BCUT2D eigenvalue weighted by molar-refractivity contribution is 0.805. The van der Waals surface area contributed by atoms with E-state index in [1.54, 1.807) is 0 Å². The Hall–Kier alpha value is -1.47. The first-order chi connectivity index (χ1) is 8.27. The normalized spacial score (nSPS) is 12.1. The van der Waals surface area contributed by atoms with E-state index in [9.17, 15) is 0 Å². The summed E-state index contributed by atoms with van der Waals surface area (Å²) < 4.78 is 0. The summed E-state index contributed by atoms with van der Waals surface area (Å²) in [7, 11) is 0. The summed E-state index contributed by atoms with van der Waals surface area (Å²) in [5.41, 5.74) is 2.34. The number of benzene rings is 2. The molecule has 0 spiro atoms. The molecule has 0 saturated heterocycles. The highest BCUT2D eigenvalue weighted by molar-refractivity contribution is 6.31. The predicted octanol–water partition coefficient (Wildman–Crippen LogP) is 4.56. The van der Waals surface area contributed by atoms with Gasteiger partial charge in [0, 0.05) is 17.3 Å². The maximum atomic E-state index is 6.17. The van der Waals surface area contributed by atoms with E-state index < -0.39 is 0 Å². The van der Waals surface area contributed by atoms with E-state index in [1.807, 2.05) is 36.4 Å². The van der Waals surface area contributed by atoms with Crippen molar-refractivity contribution in [2.24, 2.45) is 0 Å². The molecule has 0 fully saturated rings. The largest absolute Gasteiger partial charge is 0.384 e. The van der Waals surface area contributed by atoms with Crippen molar-refractivity contribution < 1.29 is 0 Å². The molecule has 1 atom stereocenters. The van der Waals surface area contributed by atoms with Crippen LogP contribution in [0.1, 0.15) is 18.4 Å². The number of hydrogen-bond acceptors (Lipinski definition) is 1. The second kappa shape index (κ2) is 5.74. The summed E-state index contributed by atoms with van der Waals surface area (Å²) in [5.74, 6) is 0.393. The van der Waals surface area contributed by atoms with Gasteiger partial charge in [-0.15, -0.1) is 0 Å². The SMILES string of the molecule is CC(CNc1ccccc1)c1ccccc1Cl. The third-order valence-corrected chi connectivity index (χ3v) is 3.17. The molecule has 0 aliphatic carbocycles. The Labute approximate surface area is 107 Å². The number of nitrogens with one attached hydrogen (secondary N) is 1. The minimum Gasteiger partial charge on any atom is -0.384 e. The Morgan fingerprint density at radius 1 is 1.00 bits per heavy atom. The van der Waals surface area contributed by atoms with Gasteiger partial charge in [-0.3, -0.25) is 0 Å². The molecule has 17 heavy (non-hydrogen) atoms. The fourth-order valence-corrected chi connectivity index (χ4v) is 2.13. The second-order valence-corrected chi connectivity index (χ2v) is 4.58. The molecular weight excluding hydrogens is 230 g/mol. The van der Waals surface area contributed by atoms with Gasteiger partial charge in [-0.05, 0) is 29.7 Å². The first-order valence-corrected chi connectivity index (χ1v) is 6.18.